The van der Waals surface area contributed by atoms with E-state index in [0.717, 1.165) is 17.1 Å². The van der Waals surface area contributed by atoms with Crippen molar-refractivity contribution in [1.82, 2.24) is 0 Å². The quantitative estimate of drug-likeness (QED) is 0.286. The third-order valence-corrected chi connectivity index (χ3v) is 5.82. The molecule has 0 amide bonds. The Morgan fingerprint density at radius 1 is 0.853 bits per heavy atom. The summed E-state index contributed by atoms with van der Waals surface area (Å²) in [4.78, 5) is 12.1. The number of benzene rings is 3. The summed E-state index contributed by atoms with van der Waals surface area (Å²) in [6.07, 6.45) is 1.99. The zero-order valence-corrected chi connectivity index (χ0v) is 19.9. The van der Waals surface area contributed by atoms with Crippen LogP contribution in [0.25, 0.3) is 16.7 Å². The lowest BCUT2D eigenvalue weighted by Crippen LogP contribution is -2.28. The van der Waals surface area contributed by atoms with Gasteiger partial charge in [0.05, 0.1) is 13.7 Å². The van der Waals surface area contributed by atoms with E-state index in [1.165, 1.54) is 27.8 Å². The fourth-order valence-corrected chi connectivity index (χ4v) is 4.23. The Kier molecular flexibility index (Phi) is 7.65. The molecule has 0 radical (unpaired) electrons. The number of fused-ring (bicyclic) bond motifs is 3. The van der Waals surface area contributed by atoms with Crippen LogP contribution in [0.15, 0.2) is 72.8 Å². The molecule has 34 heavy (non-hydrogen) atoms. The highest BCUT2D eigenvalue weighted by Gasteiger charge is 2.23. The van der Waals surface area contributed by atoms with Crippen molar-refractivity contribution in [2.75, 3.05) is 26.9 Å². The van der Waals surface area contributed by atoms with Gasteiger partial charge in [0.2, 0.25) is 0 Å². The summed E-state index contributed by atoms with van der Waals surface area (Å²) in [6.45, 7) is 4.90. The van der Waals surface area contributed by atoms with E-state index in [0.29, 0.717) is 26.2 Å². The van der Waals surface area contributed by atoms with Gasteiger partial charge in [-0.2, -0.15) is 0 Å². The summed E-state index contributed by atoms with van der Waals surface area (Å²) in [7, 11) is 1.69. The Hall–Kier alpha value is -3.57. The maximum Gasteiger partial charge on any atom is 0.335 e. The molecule has 1 aliphatic rings. The first-order valence-electron chi connectivity index (χ1n) is 11.6. The van der Waals surface area contributed by atoms with Crippen LogP contribution in [0.5, 0.6) is 11.5 Å². The average Bonchev–Trinajstić information content (AvgIpc) is 3.18. The summed E-state index contributed by atoms with van der Waals surface area (Å²) in [5, 5.41) is 0. The minimum absolute atomic E-state index is 0.328. The Morgan fingerprint density at radius 2 is 1.56 bits per heavy atom. The molecule has 0 saturated heterocycles. The maximum absolute atomic E-state index is 12.1. The molecular formula is C29H30O5. The van der Waals surface area contributed by atoms with Crippen molar-refractivity contribution < 1.29 is 23.7 Å². The molecule has 0 bridgehead atoms. The molecule has 176 valence electrons. The third-order valence-electron chi connectivity index (χ3n) is 5.82. The standard InChI is InChI=1S/C29H30O5/c1-4-32-28(29(30)33-5-2)18-20-10-12-21(13-11-20)34-17-16-26-23-8-6-7-9-24(23)27-19-22(31-3)14-15-25(26)27/h6-16,19,28H,4-5,17-18H2,1-3H3. The van der Waals surface area contributed by atoms with Crippen LogP contribution in [0.2, 0.25) is 0 Å². The molecule has 0 fully saturated rings. The van der Waals surface area contributed by atoms with Gasteiger partial charge in [-0.3, -0.25) is 0 Å². The number of carbonyl (C=O) groups is 1. The van der Waals surface area contributed by atoms with Crippen molar-refractivity contribution in [3.05, 3.63) is 89.5 Å². The molecule has 0 saturated carbocycles. The van der Waals surface area contributed by atoms with E-state index in [2.05, 4.69) is 42.5 Å². The molecule has 3 aromatic carbocycles. The van der Waals surface area contributed by atoms with Crippen LogP contribution < -0.4 is 9.47 Å². The number of carbonyl (C=O) groups excluding carboxylic acids is 1. The molecule has 0 aliphatic heterocycles. The molecule has 5 heteroatoms. The molecule has 1 atom stereocenters. The van der Waals surface area contributed by atoms with Gasteiger partial charge in [-0.05, 0) is 77.6 Å². The normalized spacial score (nSPS) is 13.8. The molecular weight excluding hydrogens is 428 g/mol. The highest BCUT2D eigenvalue weighted by atomic mass is 16.6. The highest BCUT2D eigenvalue weighted by molar-refractivity contribution is 6.01. The van der Waals surface area contributed by atoms with Gasteiger partial charge in [0.15, 0.2) is 6.10 Å². The molecule has 1 aliphatic carbocycles. The van der Waals surface area contributed by atoms with Crippen LogP contribution in [0.1, 0.15) is 30.5 Å². The molecule has 4 rings (SSSR count). The van der Waals surface area contributed by atoms with Crippen LogP contribution in [-0.2, 0) is 20.7 Å². The maximum atomic E-state index is 12.1. The van der Waals surface area contributed by atoms with Crippen molar-refractivity contribution in [2.24, 2.45) is 0 Å². The van der Waals surface area contributed by atoms with Crippen LogP contribution in [-0.4, -0.2) is 39.0 Å². The van der Waals surface area contributed by atoms with E-state index >= 15 is 0 Å². The van der Waals surface area contributed by atoms with Crippen LogP contribution in [0.3, 0.4) is 0 Å². The second-order valence-corrected chi connectivity index (χ2v) is 7.93. The number of rotatable bonds is 10. The van der Waals surface area contributed by atoms with Gasteiger partial charge in [-0.25, -0.2) is 4.79 Å². The number of esters is 1. The summed E-state index contributed by atoms with van der Waals surface area (Å²) in [5.41, 5.74) is 6.92. The SMILES string of the molecule is CCOC(=O)C(Cc1ccc(OCC=C2c3ccccc3-c3cc(OC)ccc32)cc1)OCC. The minimum Gasteiger partial charge on any atom is -0.497 e. The van der Waals surface area contributed by atoms with E-state index in [4.69, 9.17) is 18.9 Å². The van der Waals surface area contributed by atoms with E-state index < -0.39 is 6.10 Å². The Balaban J connectivity index is 1.44. The van der Waals surface area contributed by atoms with Gasteiger partial charge in [-0.15, -0.1) is 0 Å². The fourth-order valence-electron chi connectivity index (χ4n) is 4.23. The average molecular weight is 459 g/mol. The lowest BCUT2D eigenvalue weighted by atomic mass is 10.0. The topological polar surface area (TPSA) is 54.0 Å². The van der Waals surface area contributed by atoms with Crippen molar-refractivity contribution in [3.63, 3.8) is 0 Å². The first kappa shape index (κ1) is 23.6. The monoisotopic (exact) mass is 458 g/mol. The van der Waals surface area contributed by atoms with Crippen LogP contribution in [0, 0.1) is 0 Å². The van der Waals surface area contributed by atoms with Gasteiger partial charge >= 0.3 is 5.97 Å². The Labute approximate surface area is 200 Å². The Morgan fingerprint density at radius 3 is 2.26 bits per heavy atom. The van der Waals surface area contributed by atoms with Gasteiger partial charge in [0, 0.05) is 13.0 Å². The van der Waals surface area contributed by atoms with Gasteiger partial charge in [-0.1, -0.05) is 42.5 Å². The van der Waals surface area contributed by atoms with E-state index in [1.807, 2.05) is 37.3 Å². The van der Waals surface area contributed by atoms with Crippen LogP contribution in [0.4, 0.5) is 0 Å². The fraction of sp³-hybridized carbons (Fsp3) is 0.276. The van der Waals surface area contributed by atoms with E-state index in [1.54, 1.807) is 14.0 Å². The zero-order valence-electron chi connectivity index (χ0n) is 19.9. The predicted octanol–water partition coefficient (Wildman–Crippen LogP) is 5.70. The van der Waals surface area contributed by atoms with Gasteiger partial charge in [0.1, 0.15) is 18.1 Å². The number of hydrogen-bond acceptors (Lipinski definition) is 5. The predicted molar refractivity (Wildman–Crippen MR) is 133 cm³/mol. The third kappa shape index (κ3) is 5.15. The molecule has 0 N–H and O–H groups in total. The lowest BCUT2D eigenvalue weighted by molar-refractivity contribution is -0.156. The van der Waals surface area contributed by atoms with E-state index in [9.17, 15) is 4.79 Å². The molecule has 0 spiro atoms. The number of methoxy groups -OCH3 is 1. The molecule has 0 heterocycles. The lowest BCUT2D eigenvalue weighted by Gasteiger charge is -2.15. The zero-order chi connectivity index (χ0) is 23.9. The first-order valence-corrected chi connectivity index (χ1v) is 11.6. The largest absolute Gasteiger partial charge is 0.497 e. The van der Waals surface area contributed by atoms with Gasteiger partial charge in [0.25, 0.3) is 0 Å². The van der Waals surface area contributed by atoms with Gasteiger partial charge < -0.3 is 18.9 Å². The second-order valence-electron chi connectivity index (χ2n) is 7.93. The highest BCUT2D eigenvalue weighted by Crippen LogP contribution is 2.45. The minimum atomic E-state index is -0.595. The molecule has 1 unspecified atom stereocenters. The summed E-state index contributed by atoms with van der Waals surface area (Å²) in [6, 6.07) is 22.3. The van der Waals surface area contributed by atoms with Crippen molar-refractivity contribution in [3.8, 4) is 22.6 Å². The first-order chi connectivity index (χ1) is 16.6. The second kappa shape index (κ2) is 11.0. The van der Waals surface area contributed by atoms with E-state index in [-0.39, 0.29) is 5.97 Å². The number of ether oxygens (including phenoxy) is 4. The smallest absolute Gasteiger partial charge is 0.335 e. The van der Waals surface area contributed by atoms with Crippen molar-refractivity contribution in [2.45, 2.75) is 26.4 Å². The summed E-state index contributed by atoms with van der Waals surface area (Å²) in [5.74, 6) is 1.29. The molecule has 0 aromatic heterocycles. The number of hydrogen-bond donors (Lipinski definition) is 0. The summed E-state index contributed by atoms with van der Waals surface area (Å²) >= 11 is 0. The van der Waals surface area contributed by atoms with Crippen molar-refractivity contribution >= 4 is 11.5 Å². The summed E-state index contributed by atoms with van der Waals surface area (Å²) < 4.78 is 22.1. The molecule has 5 nitrogen and oxygen atoms in total. The van der Waals surface area contributed by atoms with Crippen LogP contribution >= 0.6 is 0 Å². The Bertz CT molecular complexity index is 1160. The molecule has 3 aromatic rings. The van der Waals surface area contributed by atoms with Crippen molar-refractivity contribution in [1.29, 1.82) is 0 Å².